The Morgan fingerprint density at radius 2 is 1.74 bits per heavy atom. The molecule has 0 saturated heterocycles. The fourth-order valence-corrected chi connectivity index (χ4v) is 3.42. The average molecular weight is 446 g/mol. The van der Waals surface area contributed by atoms with Crippen molar-refractivity contribution in [3.8, 4) is 5.88 Å². The number of aryl methyl sites for hydroxylation is 1. The maximum Gasteiger partial charge on any atom is 0.212 e. The molecule has 1 aliphatic carbocycles. The molecule has 1 radical (unpaired) electrons. The molecular weight excluding hydrogens is 409 g/mol. The van der Waals surface area contributed by atoms with Gasteiger partial charge in [0.05, 0.1) is 5.69 Å². The van der Waals surface area contributed by atoms with Gasteiger partial charge in [0, 0.05) is 45.3 Å². The van der Waals surface area contributed by atoms with Gasteiger partial charge in [0.1, 0.15) is 6.61 Å². The van der Waals surface area contributed by atoms with E-state index in [-0.39, 0.29) is 40.1 Å². The summed E-state index contributed by atoms with van der Waals surface area (Å²) >= 11 is 0. The minimum absolute atomic E-state index is 0. The maximum absolute atomic E-state index is 6.09. The van der Waals surface area contributed by atoms with Crippen molar-refractivity contribution in [1.82, 2.24) is 9.78 Å². The van der Waals surface area contributed by atoms with Crippen molar-refractivity contribution in [2.24, 2.45) is 5.92 Å². The van der Waals surface area contributed by atoms with Crippen molar-refractivity contribution in [2.45, 2.75) is 78.9 Å². The van der Waals surface area contributed by atoms with Gasteiger partial charge >= 0.3 is 0 Å². The predicted octanol–water partition coefficient (Wildman–Crippen LogP) is 6.47. The van der Waals surface area contributed by atoms with Crippen LogP contribution in [0.1, 0.15) is 70.6 Å². The Labute approximate surface area is 192 Å². The summed E-state index contributed by atoms with van der Waals surface area (Å²) < 4.78 is 8.21. The van der Waals surface area contributed by atoms with E-state index in [0.29, 0.717) is 6.61 Å². The van der Waals surface area contributed by atoms with E-state index < -0.39 is 0 Å². The van der Waals surface area contributed by atoms with Crippen LogP contribution in [0.5, 0.6) is 5.88 Å². The van der Waals surface area contributed by atoms with Gasteiger partial charge in [-0.15, -0.1) is 0 Å². The van der Waals surface area contributed by atoms with Crippen LogP contribution in [0, 0.1) is 13.3 Å². The Morgan fingerprint density at radius 3 is 2.37 bits per heavy atom. The molecule has 0 bridgehead atoms. The number of hydrogen-bond donors (Lipinski definition) is 0. The smallest absolute Gasteiger partial charge is 0.212 e. The number of ether oxygens (including phenoxy) is 1. The number of nitrogens with zero attached hydrogens (tertiary/aromatic N) is 2. The van der Waals surface area contributed by atoms with Crippen LogP contribution in [0.2, 0.25) is 0 Å². The van der Waals surface area contributed by atoms with E-state index in [1.54, 1.807) is 0 Å². The summed E-state index contributed by atoms with van der Waals surface area (Å²) in [4.78, 5) is 0. The molecule has 3 nitrogen and oxygen atoms in total. The second kappa shape index (κ2) is 15.3. The summed E-state index contributed by atoms with van der Waals surface area (Å²) in [6.45, 7) is 7.82. The van der Waals surface area contributed by atoms with Crippen molar-refractivity contribution in [1.29, 1.82) is 0 Å². The Morgan fingerprint density at radius 1 is 1.07 bits per heavy atom. The third kappa shape index (κ3) is 8.92. The molecule has 2 aromatic rings. The van der Waals surface area contributed by atoms with Crippen molar-refractivity contribution in [3.63, 3.8) is 0 Å². The summed E-state index contributed by atoms with van der Waals surface area (Å²) in [5.74, 6) is 1.69. The monoisotopic (exact) mass is 446 g/mol. The molecule has 149 valence electrons. The second-order valence-electron chi connectivity index (χ2n) is 6.68. The van der Waals surface area contributed by atoms with Crippen LogP contribution in [-0.2, 0) is 52.3 Å². The van der Waals surface area contributed by atoms with Gasteiger partial charge < -0.3 is 12.2 Å². The zero-order valence-corrected chi connectivity index (χ0v) is 20.6. The predicted molar refractivity (Wildman–Crippen MR) is 111 cm³/mol. The first-order valence-electron chi connectivity index (χ1n) is 10.1. The largest absolute Gasteiger partial charge is 0.473 e. The molecule has 3 rings (SSSR count). The van der Waals surface area contributed by atoms with Crippen LogP contribution >= 0.6 is 0 Å². The van der Waals surface area contributed by atoms with Gasteiger partial charge in [-0.25, -0.2) is 4.68 Å². The summed E-state index contributed by atoms with van der Waals surface area (Å²) in [6, 6.07) is 12.5. The topological polar surface area (TPSA) is 27.1 Å². The summed E-state index contributed by atoms with van der Waals surface area (Å²) in [7, 11) is 0. The van der Waals surface area contributed by atoms with Gasteiger partial charge in [0.25, 0.3) is 0 Å². The number of hydrogen-bond acceptors (Lipinski definition) is 2. The number of aromatic nitrogens is 2. The van der Waals surface area contributed by atoms with Gasteiger partial charge in [-0.1, -0.05) is 76.8 Å². The van der Waals surface area contributed by atoms with Crippen molar-refractivity contribution < 1.29 is 37.4 Å². The quantitative estimate of drug-likeness (QED) is 0.456. The molecule has 0 unspecified atom stereocenters. The molecule has 1 heterocycles. The van der Waals surface area contributed by atoms with E-state index in [9.17, 15) is 0 Å². The summed E-state index contributed by atoms with van der Waals surface area (Å²) in [5.41, 5.74) is 2.36. The van der Waals surface area contributed by atoms with E-state index in [2.05, 4.69) is 41.9 Å². The van der Waals surface area contributed by atoms with Gasteiger partial charge in [-0.3, -0.25) is 0 Å². The van der Waals surface area contributed by atoms with Crippen molar-refractivity contribution >= 4 is 0 Å². The third-order valence-electron chi connectivity index (χ3n) is 4.69. The van der Waals surface area contributed by atoms with Gasteiger partial charge in [0.2, 0.25) is 5.88 Å². The zero-order valence-electron chi connectivity index (χ0n) is 17.8. The molecule has 27 heavy (non-hydrogen) atoms. The van der Waals surface area contributed by atoms with E-state index in [0.717, 1.165) is 36.9 Å². The van der Waals surface area contributed by atoms with Crippen LogP contribution in [0.3, 0.4) is 0 Å². The SMILES string of the molecule is CC.CCCc1cc(OCc2ccccc2)n(CC2CCCCC2)n1.[CH3-].[Y]. The first kappa shape index (κ1) is 26.3. The van der Waals surface area contributed by atoms with E-state index >= 15 is 0 Å². The van der Waals surface area contributed by atoms with Crippen LogP contribution in [0.4, 0.5) is 0 Å². The molecule has 4 heteroatoms. The standard InChI is InChI=1S/C20H28N2O.C2H6.CH3.Y/c1-2-9-19-14-20(23-16-18-12-7-4-8-13-18)22(21-19)15-17-10-5-3-6-11-17;1-2;;/h4,7-8,12-14,17H,2-3,5-6,9-11,15-16H2,1H3;1-2H3;1H3;/q;;-1;. The molecule has 0 atom stereocenters. The average Bonchev–Trinajstić information content (AvgIpc) is 3.05. The first-order chi connectivity index (χ1) is 12.3. The number of benzene rings is 1. The Balaban J connectivity index is 0.00000164. The van der Waals surface area contributed by atoms with E-state index in [4.69, 9.17) is 9.84 Å². The summed E-state index contributed by atoms with van der Waals surface area (Å²) in [5, 5.41) is 4.80. The Bertz CT molecular complexity index is 592. The first-order valence-corrected chi connectivity index (χ1v) is 10.1. The van der Waals surface area contributed by atoms with Crippen LogP contribution in [0.15, 0.2) is 36.4 Å². The minimum atomic E-state index is 0. The molecule has 1 saturated carbocycles. The molecule has 0 amide bonds. The molecule has 1 aromatic heterocycles. The molecular formula is C23H37N2OY-. The number of rotatable bonds is 7. The Kier molecular flexibility index (Phi) is 14.9. The van der Waals surface area contributed by atoms with Crippen LogP contribution in [-0.4, -0.2) is 9.78 Å². The molecule has 1 aromatic carbocycles. The van der Waals surface area contributed by atoms with E-state index in [1.807, 2.05) is 19.9 Å². The van der Waals surface area contributed by atoms with Crippen molar-refractivity contribution in [3.05, 3.63) is 55.1 Å². The molecule has 0 N–H and O–H groups in total. The fourth-order valence-electron chi connectivity index (χ4n) is 3.42. The molecule has 1 fully saturated rings. The van der Waals surface area contributed by atoms with Crippen molar-refractivity contribution in [2.75, 3.05) is 0 Å². The van der Waals surface area contributed by atoms with Gasteiger partial charge in [-0.05, 0) is 30.7 Å². The van der Waals surface area contributed by atoms with Gasteiger partial charge in [-0.2, -0.15) is 5.10 Å². The summed E-state index contributed by atoms with van der Waals surface area (Å²) in [6.07, 6.45) is 8.95. The van der Waals surface area contributed by atoms with E-state index in [1.165, 1.54) is 37.7 Å². The molecule has 0 aliphatic heterocycles. The van der Waals surface area contributed by atoms with Crippen LogP contribution in [0.25, 0.3) is 0 Å². The third-order valence-corrected chi connectivity index (χ3v) is 4.69. The van der Waals surface area contributed by atoms with Crippen LogP contribution < -0.4 is 4.74 Å². The minimum Gasteiger partial charge on any atom is -0.473 e. The maximum atomic E-state index is 6.09. The molecule has 1 aliphatic rings. The van der Waals surface area contributed by atoms with Gasteiger partial charge in [0.15, 0.2) is 0 Å². The second-order valence-corrected chi connectivity index (χ2v) is 6.68. The Hall–Kier alpha value is -0.666. The fraction of sp³-hybridized carbons (Fsp3) is 0.565. The molecule has 0 spiro atoms. The normalized spacial score (nSPS) is 13.6. The zero-order chi connectivity index (χ0) is 17.9.